The maximum Gasteiger partial charge on any atom is 0.524 e. The first-order valence-corrected chi connectivity index (χ1v) is 21.9. The Morgan fingerprint density at radius 3 is 1.70 bits per heavy atom. The molecule has 0 saturated carbocycles. The summed E-state index contributed by atoms with van der Waals surface area (Å²) >= 11 is 0. The lowest BCUT2D eigenvalue weighted by Crippen LogP contribution is -2.73. The predicted octanol–water partition coefficient (Wildman–Crippen LogP) is 8.41. The number of carbonyl (C=O) groups excluding carboxylic acids is 2. The van der Waals surface area contributed by atoms with Gasteiger partial charge in [0, 0.05) is 6.42 Å². The molecule has 304 valence electrons. The van der Waals surface area contributed by atoms with Crippen LogP contribution in [0.4, 0.5) is 0 Å². The van der Waals surface area contributed by atoms with Crippen LogP contribution in [0, 0.1) is 0 Å². The molecule has 2 aromatic rings. The first-order chi connectivity index (χ1) is 25.8. The number of amides is 1. The Balaban J connectivity index is 2.03. The molecule has 0 aliphatic rings. The summed E-state index contributed by atoms with van der Waals surface area (Å²) < 4.78 is 15.7. The van der Waals surface area contributed by atoms with E-state index < -0.39 is 36.7 Å². The van der Waals surface area contributed by atoms with Crippen molar-refractivity contribution in [1.29, 1.82) is 0 Å². The van der Waals surface area contributed by atoms with Crippen LogP contribution in [0.1, 0.15) is 147 Å². The highest BCUT2D eigenvalue weighted by atomic mass is 31.2. The van der Waals surface area contributed by atoms with Crippen molar-refractivity contribution in [2.75, 3.05) is 13.1 Å². The number of hydrogen-bond acceptors (Lipinski definition) is 7. The number of aliphatic carboxylic acids is 1. The van der Waals surface area contributed by atoms with Crippen molar-refractivity contribution in [2.24, 2.45) is 0 Å². The maximum absolute atomic E-state index is 14.5. The summed E-state index contributed by atoms with van der Waals surface area (Å²) in [4.78, 5) is 59.0. The van der Waals surface area contributed by atoms with Crippen molar-refractivity contribution < 1.29 is 38.4 Å². The third kappa shape index (κ3) is 18.5. The number of phosphoric ester groups is 1. The van der Waals surface area contributed by atoms with Crippen LogP contribution >= 0.6 is 7.82 Å². The van der Waals surface area contributed by atoms with Gasteiger partial charge in [-0.05, 0) is 75.4 Å². The monoisotopic (exact) mass is 773 g/mol. The number of unbranched alkanes of at least 4 members (excludes halogenated alkanes) is 13. The Hall–Kier alpha value is -3.08. The molecule has 6 N–H and O–H groups in total. The fraction of sp³-hybridized carbons (Fsp3) is 0.643. The second-order valence-corrected chi connectivity index (χ2v) is 15.9. The molecule has 0 aromatic heterocycles. The Labute approximate surface area is 324 Å². The lowest BCUT2D eigenvalue weighted by Gasteiger charge is -2.39. The quantitative estimate of drug-likeness (QED) is 0.0183. The Bertz CT molecular complexity index is 1400. The fourth-order valence-corrected chi connectivity index (χ4v) is 7.29. The van der Waals surface area contributed by atoms with Crippen LogP contribution in [0.15, 0.2) is 54.6 Å². The summed E-state index contributed by atoms with van der Waals surface area (Å²) in [6.45, 7) is 6.37. The van der Waals surface area contributed by atoms with E-state index in [1.165, 1.54) is 76.3 Å². The number of hydrogen-bond donors (Lipinski definition) is 6. The summed E-state index contributed by atoms with van der Waals surface area (Å²) in [6.07, 6.45) is 19.2. The number of Topliss-reactive ketones (excluding diaryl/α,β-unsaturated/α-hetero) is 1. The summed E-state index contributed by atoms with van der Waals surface area (Å²) in [7, 11) is -4.69. The normalized spacial score (nSPS) is 13.9. The van der Waals surface area contributed by atoms with Crippen LogP contribution in [-0.4, -0.2) is 56.8 Å². The van der Waals surface area contributed by atoms with Crippen LogP contribution in [0.5, 0.6) is 5.75 Å². The van der Waals surface area contributed by atoms with E-state index in [0.717, 1.165) is 43.2 Å². The summed E-state index contributed by atoms with van der Waals surface area (Å²) in [5, 5.41) is 19.8. The highest BCUT2D eigenvalue weighted by Gasteiger charge is 2.53. The van der Waals surface area contributed by atoms with Gasteiger partial charge in [0.1, 0.15) is 5.75 Å². The van der Waals surface area contributed by atoms with Crippen LogP contribution in [0.2, 0.25) is 0 Å². The Morgan fingerprint density at radius 2 is 1.19 bits per heavy atom. The molecule has 12 heteroatoms. The third-order valence-electron chi connectivity index (χ3n) is 9.93. The van der Waals surface area contributed by atoms with E-state index in [1.54, 1.807) is 19.1 Å². The molecule has 0 heterocycles. The number of benzene rings is 2. The topological polar surface area (TPSA) is 174 Å². The van der Waals surface area contributed by atoms with Crippen molar-refractivity contribution in [3.05, 3.63) is 65.7 Å². The molecule has 2 rings (SSSR count). The zero-order valence-corrected chi connectivity index (χ0v) is 34.0. The zero-order chi connectivity index (χ0) is 39.7. The number of phosphoric acid groups is 1. The molecule has 2 aromatic carbocycles. The van der Waals surface area contributed by atoms with Gasteiger partial charge >= 0.3 is 13.8 Å². The van der Waals surface area contributed by atoms with Crippen LogP contribution in [0.3, 0.4) is 0 Å². The van der Waals surface area contributed by atoms with Gasteiger partial charge in [-0.2, -0.15) is 0 Å². The van der Waals surface area contributed by atoms with Gasteiger partial charge in [-0.15, -0.1) is 0 Å². The number of carboxylic acids is 1. The molecule has 0 aliphatic carbocycles. The van der Waals surface area contributed by atoms with Gasteiger partial charge in [-0.1, -0.05) is 146 Å². The second kappa shape index (κ2) is 25.9. The fourth-order valence-electron chi connectivity index (χ4n) is 6.90. The van der Waals surface area contributed by atoms with Crippen molar-refractivity contribution in [3.8, 4) is 5.75 Å². The van der Waals surface area contributed by atoms with Gasteiger partial charge in [-0.3, -0.25) is 30.0 Å². The number of carbonyl (C=O) groups is 3. The lowest BCUT2D eigenvalue weighted by molar-refractivity contribution is -0.154. The molecule has 1 amide bonds. The van der Waals surface area contributed by atoms with E-state index in [1.807, 2.05) is 37.3 Å². The molecule has 2 unspecified atom stereocenters. The molecule has 11 nitrogen and oxygen atoms in total. The SMILES string of the molecule is CCCCCCCCCCCCCCCCNC(C)(NC(=O)CCc1ccc(OP(=O)(O)O)cc1)C(=O)C(CCC)(NCCCc1ccccc1)C(=O)O. The standard InChI is InChI=1S/C42H68N3O8P/c1-4-6-7-8-9-10-11-12-13-14-15-16-17-21-33-43-41(3,45-38(46)31-28-36-26-29-37(30-27-36)53-54(50,51)52)39(47)42(32-5-2,40(48)49)44-34-22-25-35-23-19-18-20-24-35/h18-20,23-24,26-27,29-30,43-44H,4-17,21-22,25,28,31-34H2,1-3H3,(H,45,46)(H,48,49)(H2,50,51,52). The first-order valence-electron chi connectivity index (χ1n) is 20.3. The number of carboxylic acid groups (broad SMARTS) is 1. The minimum atomic E-state index is -4.69. The molecule has 54 heavy (non-hydrogen) atoms. The summed E-state index contributed by atoms with van der Waals surface area (Å²) in [5.74, 6) is -2.35. The summed E-state index contributed by atoms with van der Waals surface area (Å²) in [6, 6.07) is 15.9. The van der Waals surface area contributed by atoms with Crippen molar-refractivity contribution >= 4 is 25.5 Å². The predicted molar refractivity (Wildman–Crippen MR) is 215 cm³/mol. The molecule has 0 bridgehead atoms. The van der Waals surface area contributed by atoms with Crippen LogP contribution in [-0.2, 0) is 31.8 Å². The molecular weight excluding hydrogens is 705 g/mol. The lowest BCUT2D eigenvalue weighted by atomic mass is 9.81. The van der Waals surface area contributed by atoms with E-state index in [9.17, 15) is 24.1 Å². The third-order valence-corrected chi connectivity index (χ3v) is 10.4. The molecule has 0 saturated heterocycles. The largest absolute Gasteiger partial charge is 0.524 e. The molecule has 0 radical (unpaired) electrons. The molecule has 0 fully saturated rings. The Morgan fingerprint density at radius 1 is 0.667 bits per heavy atom. The number of ketones is 1. The van der Waals surface area contributed by atoms with Gasteiger partial charge in [0.25, 0.3) is 0 Å². The van der Waals surface area contributed by atoms with Gasteiger partial charge in [0.15, 0.2) is 11.2 Å². The number of aryl methyl sites for hydroxylation is 2. The van der Waals surface area contributed by atoms with Crippen LogP contribution < -0.4 is 20.5 Å². The van der Waals surface area contributed by atoms with E-state index >= 15 is 0 Å². The zero-order valence-electron chi connectivity index (χ0n) is 33.1. The van der Waals surface area contributed by atoms with Crippen LogP contribution in [0.25, 0.3) is 0 Å². The summed E-state index contributed by atoms with van der Waals surface area (Å²) in [5.41, 5.74) is -1.73. The number of nitrogens with one attached hydrogen (secondary N) is 3. The van der Waals surface area contributed by atoms with Crippen molar-refractivity contribution in [3.63, 3.8) is 0 Å². The van der Waals surface area contributed by atoms with Gasteiger partial charge in [-0.25, -0.2) is 9.36 Å². The molecule has 0 aliphatic heterocycles. The van der Waals surface area contributed by atoms with E-state index in [2.05, 4.69) is 27.4 Å². The average Bonchev–Trinajstić information content (AvgIpc) is 3.13. The van der Waals surface area contributed by atoms with Crippen molar-refractivity contribution in [1.82, 2.24) is 16.0 Å². The highest BCUT2D eigenvalue weighted by molar-refractivity contribution is 7.46. The smallest absolute Gasteiger partial charge is 0.480 e. The average molecular weight is 774 g/mol. The first kappa shape index (κ1) is 47.1. The molecule has 0 spiro atoms. The minimum absolute atomic E-state index is 0.000363. The maximum atomic E-state index is 14.5. The highest BCUT2D eigenvalue weighted by Crippen LogP contribution is 2.37. The molecule has 2 atom stereocenters. The van der Waals surface area contributed by atoms with Gasteiger partial charge in [0.05, 0.1) is 0 Å². The van der Waals surface area contributed by atoms with Crippen molar-refractivity contribution in [2.45, 2.75) is 160 Å². The van der Waals surface area contributed by atoms with E-state index in [0.29, 0.717) is 25.9 Å². The second-order valence-electron chi connectivity index (χ2n) is 14.7. The van der Waals surface area contributed by atoms with E-state index in [4.69, 9.17) is 9.79 Å². The minimum Gasteiger partial charge on any atom is -0.480 e. The van der Waals surface area contributed by atoms with Gasteiger partial charge < -0.3 is 14.9 Å². The Kier molecular flexibility index (Phi) is 22.6. The van der Waals surface area contributed by atoms with E-state index in [-0.39, 0.29) is 25.0 Å². The number of rotatable bonds is 32. The van der Waals surface area contributed by atoms with Gasteiger partial charge in [0.2, 0.25) is 11.7 Å². The molecular formula is C42H68N3O8P.